The number of amidine groups is 1. The predicted octanol–water partition coefficient (Wildman–Crippen LogP) is 2.36. The van der Waals surface area contributed by atoms with E-state index in [9.17, 15) is 8.42 Å². The summed E-state index contributed by atoms with van der Waals surface area (Å²) in [5.74, 6) is 0.340. The Bertz CT molecular complexity index is 718. The van der Waals surface area contributed by atoms with Crippen molar-refractivity contribution in [2.24, 2.45) is 4.40 Å². The van der Waals surface area contributed by atoms with Gasteiger partial charge in [-0.05, 0) is 5.56 Å². The van der Waals surface area contributed by atoms with E-state index in [4.69, 9.17) is 0 Å². The summed E-state index contributed by atoms with van der Waals surface area (Å²) in [6.07, 6.45) is 0. The van der Waals surface area contributed by atoms with Crippen LogP contribution in [0.25, 0.3) is 5.70 Å². The van der Waals surface area contributed by atoms with E-state index in [0.717, 1.165) is 16.5 Å². The van der Waals surface area contributed by atoms with Gasteiger partial charge in [0.2, 0.25) is 0 Å². The molecule has 0 bridgehead atoms. The highest BCUT2D eigenvalue weighted by Crippen LogP contribution is 2.19. The maximum Gasteiger partial charge on any atom is 0.279 e. The molecule has 2 aromatic rings. The van der Waals surface area contributed by atoms with Crippen LogP contribution in [0.15, 0.2) is 70.5 Å². The molecular weight excluding hydrogens is 272 g/mol. The second-order valence-electron chi connectivity index (χ2n) is 4.34. The zero-order valence-corrected chi connectivity index (χ0v) is 11.3. The molecule has 0 saturated carbocycles. The molecule has 4 nitrogen and oxygen atoms in total. The lowest BCUT2D eigenvalue weighted by Crippen LogP contribution is -2.28. The molecule has 1 N–H and O–H groups in total. The Morgan fingerprint density at radius 3 is 1.95 bits per heavy atom. The molecule has 0 radical (unpaired) electrons. The van der Waals surface area contributed by atoms with Crippen molar-refractivity contribution in [3.05, 3.63) is 77.2 Å². The molecule has 1 heterocycles. The van der Waals surface area contributed by atoms with E-state index in [1.54, 1.807) is 0 Å². The van der Waals surface area contributed by atoms with Gasteiger partial charge in [0.25, 0.3) is 10.0 Å². The minimum Gasteiger partial charge on any atom is -0.338 e. The number of benzene rings is 2. The predicted molar refractivity (Wildman–Crippen MR) is 79.5 cm³/mol. The van der Waals surface area contributed by atoms with Gasteiger partial charge in [0.15, 0.2) is 5.84 Å². The third-order valence-corrected chi connectivity index (χ3v) is 3.84. The van der Waals surface area contributed by atoms with Crippen molar-refractivity contribution in [2.75, 3.05) is 0 Å². The molecule has 20 heavy (non-hydrogen) atoms. The number of hydrogen-bond acceptors (Lipinski definition) is 3. The van der Waals surface area contributed by atoms with Gasteiger partial charge >= 0.3 is 0 Å². The Hall–Kier alpha value is -2.40. The smallest absolute Gasteiger partial charge is 0.279 e. The van der Waals surface area contributed by atoms with E-state index >= 15 is 0 Å². The molecule has 1 aliphatic rings. The van der Waals surface area contributed by atoms with Crippen molar-refractivity contribution >= 4 is 21.6 Å². The third kappa shape index (κ3) is 2.62. The van der Waals surface area contributed by atoms with E-state index in [-0.39, 0.29) is 0 Å². The summed E-state index contributed by atoms with van der Waals surface area (Å²) in [6, 6.07) is 18.5. The van der Waals surface area contributed by atoms with Gasteiger partial charge in [-0.15, -0.1) is 4.40 Å². The van der Waals surface area contributed by atoms with Crippen LogP contribution in [0.3, 0.4) is 0 Å². The number of rotatable bonds is 2. The fourth-order valence-electron chi connectivity index (χ4n) is 1.96. The Kier molecular flexibility index (Phi) is 3.12. The van der Waals surface area contributed by atoms with Gasteiger partial charge in [-0.25, -0.2) is 0 Å². The summed E-state index contributed by atoms with van der Waals surface area (Å²) < 4.78 is 27.6. The van der Waals surface area contributed by atoms with Crippen molar-refractivity contribution in [1.82, 2.24) is 5.32 Å². The monoisotopic (exact) mass is 284 g/mol. The fraction of sp³-hybridized carbons (Fsp3) is 0. The molecule has 2 aromatic carbocycles. The molecule has 5 heteroatoms. The van der Waals surface area contributed by atoms with Crippen LogP contribution >= 0.6 is 0 Å². The first-order chi connectivity index (χ1) is 9.64. The van der Waals surface area contributed by atoms with Crippen molar-refractivity contribution < 1.29 is 8.42 Å². The van der Waals surface area contributed by atoms with Crippen molar-refractivity contribution in [1.29, 1.82) is 0 Å². The van der Waals surface area contributed by atoms with Crippen LogP contribution in [0.2, 0.25) is 0 Å². The second-order valence-corrected chi connectivity index (χ2v) is 5.79. The lowest BCUT2D eigenvalue weighted by molar-refractivity contribution is 0.606. The van der Waals surface area contributed by atoms with Gasteiger partial charge in [0.1, 0.15) is 0 Å². The highest BCUT2D eigenvalue weighted by atomic mass is 32.2. The van der Waals surface area contributed by atoms with Gasteiger partial charge in [-0.2, -0.15) is 8.42 Å². The maximum absolute atomic E-state index is 11.9. The van der Waals surface area contributed by atoms with Crippen LogP contribution in [-0.4, -0.2) is 14.3 Å². The minimum absolute atomic E-state index is 0.340. The number of hydrogen-bond donors (Lipinski definition) is 1. The van der Waals surface area contributed by atoms with Crippen molar-refractivity contribution in [2.45, 2.75) is 0 Å². The first-order valence-electron chi connectivity index (χ1n) is 6.09. The summed E-state index contributed by atoms with van der Waals surface area (Å²) in [6.45, 7) is 0. The number of nitrogens with one attached hydrogen (secondary N) is 1. The fourth-order valence-corrected chi connectivity index (χ4v) is 2.91. The van der Waals surface area contributed by atoms with Crippen LogP contribution in [0.5, 0.6) is 0 Å². The summed E-state index contributed by atoms with van der Waals surface area (Å²) in [7, 11) is -3.61. The molecule has 0 saturated heterocycles. The van der Waals surface area contributed by atoms with E-state index in [0.29, 0.717) is 11.5 Å². The highest BCUT2D eigenvalue weighted by molar-refractivity contribution is 7.93. The molecule has 0 atom stereocenters. The highest BCUT2D eigenvalue weighted by Gasteiger charge is 2.19. The van der Waals surface area contributed by atoms with Crippen LogP contribution in [-0.2, 0) is 10.0 Å². The molecule has 0 aliphatic carbocycles. The Morgan fingerprint density at radius 2 is 1.35 bits per heavy atom. The quantitative estimate of drug-likeness (QED) is 0.921. The lowest BCUT2D eigenvalue weighted by Gasteiger charge is -2.17. The Balaban J connectivity index is 2.04. The molecule has 100 valence electrons. The van der Waals surface area contributed by atoms with Gasteiger partial charge in [0, 0.05) is 5.56 Å². The van der Waals surface area contributed by atoms with Gasteiger partial charge in [-0.3, -0.25) is 0 Å². The summed E-state index contributed by atoms with van der Waals surface area (Å²) in [5, 5.41) is 4.22. The largest absolute Gasteiger partial charge is 0.338 e. The Morgan fingerprint density at radius 1 is 0.800 bits per heavy atom. The first-order valence-corrected chi connectivity index (χ1v) is 7.59. The van der Waals surface area contributed by atoms with Gasteiger partial charge in [-0.1, -0.05) is 60.7 Å². The summed E-state index contributed by atoms with van der Waals surface area (Å²) in [5.41, 5.74) is 2.07. The number of sulfonamides is 1. The van der Waals surface area contributed by atoms with E-state index < -0.39 is 10.0 Å². The van der Waals surface area contributed by atoms with Gasteiger partial charge < -0.3 is 5.32 Å². The van der Waals surface area contributed by atoms with Crippen LogP contribution in [0, 0.1) is 0 Å². The average Bonchev–Trinajstić information content (AvgIpc) is 2.47. The molecule has 1 aliphatic heterocycles. The van der Waals surface area contributed by atoms with Gasteiger partial charge in [0.05, 0.1) is 11.1 Å². The molecular formula is C15H12N2O2S. The summed E-state index contributed by atoms with van der Waals surface area (Å²) in [4.78, 5) is 0. The van der Waals surface area contributed by atoms with Crippen LogP contribution in [0.4, 0.5) is 0 Å². The topological polar surface area (TPSA) is 58.5 Å². The average molecular weight is 284 g/mol. The first kappa shape index (κ1) is 12.6. The maximum atomic E-state index is 11.9. The van der Waals surface area contributed by atoms with Crippen molar-refractivity contribution in [3.8, 4) is 0 Å². The van der Waals surface area contributed by atoms with Crippen molar-refractivity contribution in [3.63, 3.8) is 0 Å². The lowest BCUT2D eigenvalue weighted by atomic mass is 10.1. The molecule has 0 unspecified atom stereocenters. The zero-order valence-electron chi connectivity index (χ0n) is 10.5. The second kappa shape index (κ2) is 4.94. The number of nitrogens with zero attached hydrogens (tertiary/aromatic N) is 1. The molecule has 0 spiro atoms. The van der Waals surface area contributed by atoms with E-state index in [2.05, 4.69) is 9.71 Å². The van der Waals surface area contributed by atoms with Crippen LogP contribution in [0.1, 0.15) is 11.1 Å². The normalized spacial score (nSPS) is 16.8. The molecule has 0 fully saturated rings. The van der Waals surface area contributed by atoms with Crippen LogP contribution < -0.4 is 5.32 Å². The molecule has 3 rings (SSSR count). The SMILES string of the molecule is O=S1(=O)C=C(c2ccccc2)NC(c2ccccc2)=N1. The third-order valence-electron chi connectivity index (χ3n) is 2.87. The Labute approximate surface area is 117 Å². The zero-order chi connectivity index (χ0) is 14.0. The minimum atomic E-state index is -3.61. The molecule has 0 amide bonds. The molecule has 0 aromatic heterocycles. The van der Waals surface area contributed by atoms with E-state index in [1.807, 2.05) is 60.7 Å². The van der Waals surface area contributed by atoms with E-state index in [1.165, 1.54) is 0 Å². The standard InChI is InChI=1S/C15H12N2O2S/c18-20(19)11-14(12-7-3-1-4-8-12)16-15(17-20)13-9-5-2-6-10-13/h1-11H,(H,16,17). The summed E-state index contributed by atoms with van der Waals surface area (Å²) >= 11 is 0.